The van der Waals surface area contributed by atoms with Crippen molar-refractivity contribution in [2.75, 3.05) is 0 Å². The Labute approximate surface area is 122 Å². The second-order valence-electron chi connectivity index (χ2n) is 5.08. The van der Waals surface area contributed by atoms with Crippen LogP contribution in [0.15, 0.2) is 30.3 Å². The molecule has 3 heteroatoms. The standard InChI is InChI=1S/C17H26O3/c1-2-3-4-5-6-7-8-12-15-17(18)20-19-16-13-10-9-11-14-16/h9-11,13-14H,2-8,12,15H2,1H3. The van der Waals surface area contributed by atoms with Crippen molar-refractivity contribution in [3.63, 3.8) is 0 Å². The fourth-order valence-electron chi connectivity index (χ4n) is 2.02. The lowest BCUT2D eigenvalue weighted by Gasteiger charge is -2.04. The van der Waals surface area contributed by atoms with Gasteiger partial charge in [0, 0.05) is 0 Å². The largest absolute Gasteiger partial charge is 0.355 e. The van der Waals surface area contributed by atoms with Crippen molar-refractivity contribution in [2.45, 2.75) is 64.7 Å². The van der Waals surface area contributed by atoms with E-state index < -0.39 is 0 Å². The average molecular weight is 278 g/mol. The molecule has 0 N–H and O–H groups in total. The molecule has 0 aliphatic heterocycles. The van der Waals surface area contributed by atoms with Gasteiger partial charge >= 0.3 is 5.97 Å². The number of hydrogen-bond acceptors (Lipinski definition) is 3. The van der Waals surface area contributed by atoms with Crippen LogP contribution in [-0.4, -0.2) is 5.97 Å². The lowest BCUT2D eigenvalue weighted by Crippen LogP contribution is -2.07. The van der Waals surface area contributed by atoms with Crippen molar-refractivity contribution in [3.05, 3.63) is 30.3 Å². The summed E-state index contributed by atoms with van der Waals surface area (Å²) in [5.41, 5.74) is 0. The van der Waals surface area contributed by atoms with E-state index in [-0.39, 0.29) is 5.97 Å². The Morgan fingerprint density at radius 1 is 0.900 bits per heavy atom. The molecular formula is C17H26O3. The fraction of sp³-hybridized carbons (Fsp3) is 0.588. The molecule has 0 saturated heterocycles. The number of benzene rings is 1. The van der Waals surface area contributed by atoms with Crippen molar-refractivity contribution in [1.82, 2.24) is 0 Å². The minimum Gasteiger partial charge on any atom is -0.287 e. The van der Waals surface area contributed by atoms with Gasteiger partial charge in [0.25, 0.3) is 0 Å². The van der Waals surface area contributed by atoms with Crippen molar-refractivity contribution in [1.29, 1.82) is 0 Å². The molecule has 0 atom stereocenters. The minimum absolute atomic E-state index is 0.292. The molecular weight excluding hydrogens is 252 g/mol. The van der Waals surface area contributed by atoms with Gasteiger partial charge in [0.15, 0.2) is 5.75 Å². The summed E-state index contributed by atoms with van der Waals surface area (Å²) in [5.74, 6) is 0.261. The van der Waals surface area contributed by atoms with Gasteiger partial charge in [-0.2, -0.15) is 0 Å². The molecule has 0 radical (unpaired) electrons. The van der Waals surface area contributed by atoms with Gasteiger partial charge in [0.1, 0.15) is 0 Å². The molecule has 1 aromatic carbocycles. The molecule has 1 aromatic rings. The second kappa shape index (κ2) is 11.3. The molecule has 3 nitrogen and oxygen atoms in total. The van der Waals surface area contributed by atoms with Crippen LogP contribution in [0.25, 0.3) is 0 Å². The summed E-state index contributed by atoms with van der Waals surface area (Å²) in [6, 6.07) is 9.06. The quantitative estimate of drug-likeness (QED) is 0.322. The van der Waals surface area contributed by atoms with Gasteiger partial charge in [-0.1, -0.05) is 70.1 Å². The molecule has 0 bridgehead atoms. The van der Waals surface area contributed by atoms with Gasteiger partial charge in [-0.05, 0) is 18.6 Å². The number of para-hydroxylation sites is 1. The van der Waals surface area contributed by atoms with E-state index >= 15 is 0 Å². The average Bonchev–Trinajstić information content (AvgIpc) is 2.49. The third-order valence-corrected chi connectivity index (χ3v) is 3.21. The Kier molecular flexibility index (Phi) is 9.37. The van der Waals surface area contributed by atoms with Crippen molar-refractivity contribution in [2.24, 2.45) is 0 Å². The van der Waals surface area contributed by atoms with Crippen LogP contribution in [0, 0.1) is 0 Å². The number of carbonyl (C=O) groups is 1. The van der Waals surface area contributed by atoms with Crippen LogP contribution in [0.2, 0.25) is 0 Å². The predicted molar refractivity (Wildman–Crippen MR) is 80.4 cm³/mol. The molecule has 0 spiro atoms. The molecule has 0 unspecified atom stereocenters. The monoisotopic (exact) mass is 278 g/mol. The highest BCUT2D eigenvalue weighted by atomic mass is 17.2. The Balaban J connectivity index is 1.93. The maximum absolute atomic E-state index is 11.4. The topological polar surface area (TPSA) is 35.5 Å². The lowest BCUT2D eigenvalue weighted by atomic mass is 10.1. The normalized spacial score (nSPS) is 10.2. The first-order chi connectivity index (χ1) is 9.83. The summed E-state index contributed by atoms with van der Waals surface area (Å²) in [5, 5.41) is 0. The Bertz CT molecular complexity index is 349. The first-order valence-electron chi connectivity index (χ1n) is 7.75. The minimum atomic E-state index is -0.292. The fourth-order valence-corrected chi connectivity index (χ4v) is 2.02. The molecule has 0 aromatic heterocycles. The summed E-state index contributed by atoms with van der Waals surface area (Å²) >= 11 is 0. The number of rotatable bonds is 11. The van der Waals surface area contributed by atoms with Crippen molar-refractivity contribution >= 4 is 5.97 Å². The van der Waals surface area contributed by atoms with Gasteiger partial charge in [-0.25, -0.2) is 4.79 Å². The van der Waals surface area contributed by atoms with Crippen LogP contribution in [0.3, 0.4) is 0 Å². The number of unbranched alkanes of at least 4 members (excludes halogenated alkanes) is 7. The maximum Gasteiger partial charge on any atom is 0.355 e. The van der Waals surface area contributed by atoms with E-state index in [2.05, 4.69) is 6.92 Å². The predicted octanol–water partition coefficient (Wildman–Crippen LogP) is 5.05. The Morgan fingerprint density at radius 3 is 2.15 bits per heavy atom. The van der Waals surface area contributed by atoms with Crippen LogP contribution >= 0.6 is 0 Å². The molecule has 0 aliphatic carbocycles. The zero-order chi connectivity index (χ0) is 14.5. The molecule has 0 saturated carbocycles. The third-order valence-electron chi connectivity index (χ3n) is 3.21. The van der Waals surface area contributed by atoms with Gasteiger partial charge in [-0.15, -0.1) is 0 Å². The zero-order valence-corrected chi connectivity index (χ0v) is 12.5. The molecule has 0 fully saturated rings. The first kappa shape index (κ1) is 16.5. The summed E-state index contributed by atoms with van der Waals surface area (Å²) in [6.07, 6.45) is 10.2. The molecule has 112 valence electrons. The van der Waals surface area contributed by atoms with E-state index in [9.17, 15) is 4.79 Å². The molecule has 20 heavy (non-hydrogen) atoms. The summed E-state index contributed by atoms with van der Waals surface area (Å²) in [6.45, 7) is 2.23. The van der Waals surface area contributed by atoms with E-state index in [0.29, 0.717) is 12.2 Å². The highest BCUT2D eigenvalue weighted by Crippen LogP contribution is 2.11. The van der Waals surface area contributed by atoms with E-state index in [1.165, 1.54) is 38.5 Å². The zero-order valence-electron chi connectivity index (χ0n) is 12.5. The smallest absolute Gasteiger partial charge is 0.287 e. The second-order valence-corrected chi connectivity index (χ2v) is 5.08. The Morgan fingerprint density at radius 2 is 1.50 bits per heavy atom. The summed E-state index contributed by atoms with van der Waals surface area (Å²) in [4.78, 5) is 21.1. The van der Waals surface area contributed by atoms with Crippen LogP contribution < -0.4 is 4.89 Å². The van der Waals surface area contributed by atoms with Crippen LogP contribution in [0.5, 0.6) is 5.75 Å². The first-order valence-corrected chi connectivity index (χ1v) is 7.75. The van der Waals surface area contributed by atoms with E-state index in [1.54, 1.807) is 12.1 Å². The third kappa shape index (κ3) is 8.57. The maximum atomic E-state index is 11.4. The van der Waals surface area contributed by atoms with Crippen LogP contribution in [0.4, 0.5) is 0 Å². The van der Waals surface area contributed by atoms with E-state index in [1.807, 2.05) is 18.2 Å². The van der Waals surface area contributed by atoms with Gasteiger partial charge in [-0.3, -0.25) is 9.78 Å². The summed E-state index contributed by atoms with van der Waals surface area (Å²) < 4.78 is 0. The SMILES string of the molecule is CCCCCCCCCCC(=O)OOc1ccccc1. The highest BCUT2D eigenvalue weighted by molar-refractivity contribution is 5.68. The molecule has 0 amide bonds. The number of hydrogen-bond donors (Lipinski definition) is 0. The molecule has 1 rings (SSSR count). The number of carbonyl (C=O) groups excluding carboxylic acids is 1. The van der Waals surface area contributed by atoms with Crippen molar-refractivity contribution in [3.8, 4) is 5.75 Å². The lowest BCUT2D eigenvalue weighted by molar-refractivity contribution is -0.213. The van der Waals surface area contributed by atoms with Gasteiger partial charge in [0.05, 0.1) is 6.42 Å². The summed E-state index contributed by atoms with van der Waals surface area (Å²) in [7, 11) is 0. The molecule has 0 heterocycles. The van der Waals surface area contributed by atoms with Crippen LogP contribution in [-0.2, 0) is 9.68 Å². The Hall–Kier alpha value is -1.51. The van der Waals surface area contributed by atoms with Crippen molar-refractivity contribution < 1.29 is 14.6 Å². The highest BCUT2D eigenvalue weighted by Gasteiger charge is 2.04. The van der Waals surface area contributed by atoms with E-state index in [4.69, 9.17) is 9.78 Å². The van der Waals surface area contributed by atoms with Gasteiger partial charge in [0.2, 0.25) is 0 Å². The van der Waals surface area contributed by atoms with E-state index in [0.717, 1.165) is 12.8 Å². The van der Waals surface area contributed by atoms with Gasteiger partial charge < -0.3 is 0 Å². The molecule has 0 aliphatic rings. The van der Waals surface area contributed by atoms with Crippen LogP contribution in [0.1, 0.15) is 64.7 Å².